The number of ketones is 1. The smallest absolute Gasteiger partial charge is 0.333 e. The van der Waals surface area contributed by atoms with Gasteiger partial charge in [0.1, 0.15) is 6.61 Å². The molecule has 0 spiro atoms. The molecule has 3 aromatic carbocycles. The van der Waals surface area contributed by atoms with Crippen LogP contribution in [0.1, 0.15) is 31.4 Å². The van der Waals surface area contributed by atoms with E-state index in [0.29, 0.717) is 35.1 Å². The lowest BCUT2D eigenvalue weighted by Crippen LogP contribution is -2.04. The number of carbonyl (C=O) groups is 2. The second-order valence-electron chi connectivity index (χ2n) is 8.24. The molecule has 0 aliphatic carbocycles. The van der Waals surface area contributed by atoms with E-state index in [1.165, 1.54) is 0 Å². The van der Waals surface area contributed by atoms with Crippen LogP contribution < -0.4 is 0 Å². The molecule has 3 nitrogen and oxygen atoms in total. The lowest BCUT2D eigenvalue weighted by molar-refractivity contribution is -0.140. The molecule has 34 heavy (non-hydrogen) atoms. The number of rotatable bonds is 9. The number of ether oxygens (including phenoxy) is 1. The third-order valence-electron chi connectivity index (χ3n) is 5.45. The SMILES string of the molecule is C=C(C)C(=O)CCc1ccc(-c2ccc(-c3ccc(COC(=O)C(=C)C)cc3)c(F)c2F)cc1. The fourth-order valence-electron chi connectivity index (χ4n) is 3.37. The van der Waals surface area contributed by atoms with Crippen LogP contribution in [0.25, 0.3) is 22.3 Å². The van der Waals surface area contributed by atoms with E-state index in [0.717, 1.165) is 11.1 Å². The largest absolute Gasteiger partial charge is 0.457 e. The Morgan fingerprint density at radius 1 is 0.735 bits per heavy atom. The summed E-state index contributed by atoms with van der Waals surface area (Å²) in [6.45, 7) is 10.5. The Morgan fingerprint density at radius 2 is 1.21 bits per heavy atom. The second kappa shape index (κ2) is 10.8. The summed E-state index contributed by atoms with van der Waals surface area (Å²) in [4.78, 5) is 23.2. The molecule has 0 atom stereocenters. The lowest BCUT2D eigenvalue weighted by atomic mass is 9.97. The first-order valence-corrected chi connectivity index (χ1v) is 10.9. The minimum atomic E-state index is -0.935. The summed E-state index contributed by atoms with van der Waals surface area (Å²) >= 11 is 0. The molecule has 0 fully saturated rings. The van der Waals surface area contributed by atoms with Crippen LogP contribution >= 0.6 is 0 Å². The van der Waals surface area contributed by atoms with Crippen LogP contribution in [0.3, 0.4) is 0 Å². The molecule has 0 radical (unpaired) electrons. The first kappa shape index (κ1) is 24.8. The number of hydrogen-bond donors (Lipinski definition) is 0. The highest BCUT2D eigenvalue weighted by Gasteiger charge is 2.16. The predicted molar refractivity (Wildman–Crippen MR) is 130 cm³/mol. The molecular formula is C29H26F2O3. The third-order valence-corrected chi connectivity index (χ3v) is 5.45. The highest BCUT2D eigenvalue weighted by molar-refractivity contribution is 5.94. The topological polar surface area (TPSA) is 43.4 Å². The maximum Gasteiger partial charge on any atom is 0.333 e. The molecule has 0 heterocycles. The molecule has 5 heteroatoms. The molecule has 3 rings (SSSR count). The fourth-order valence-corrected chi connectivity index (χ4v) is 3.37. The number of aryl methyl sites for hydroxylation is 1. The van der Waals surface area contributed by atoms with Gasteiger partial charge in [0.2, 0.25) is 0 Å². The Bertz CT molecular complexity index is 1140. The van der Waals surface area contributed by atoms with Gasteiger partial charge in [-0.2, -0.15) is 0 Å². The fraction of sp³-hybridized carbons (Fsp3) is 0.172. The average molecular weight is 461 g/mol. The minimum Gasteiger partial charge on any atom is -0.457 e. The molecule has 0 aromatic heterocycles. The lowest BCUT2D eigenvalue weighted by Gasteiger charge is -2.11. The number of carbonyl (C=O) groups excluding carboxylic acids is 2. The van der Waals surface area contributed by atoms with E-state index in [9.17, 15) is 18.4 Å². The van der Waals surface area contributed by atoms with Gasteiger partial charge in [-0.1, -0.05) is 73.8 Å². The molecule has 3 aromatic rings. The van der Waals surface area contributed by atoms with Gasteiger partial charge in [-0.15, -0.1) is 0 Å². The Labute approximate surface area is 198 Å². The molecule has 0 aliphatic rings. The maximum atomic E-state index is 14.9. The zero-order chi connectivity index (χ0) is 24.8. The van der Waals surface area contributed by atoms with Crippen molar-refractivity contribution < 1.29 is 23.1 Å². The van der Waals surface area contributed by atoms with Gasteiger partial charge in [0.25, 0.3) is 0 Å². The predicted octanol–water partition coefficient (Wildman–Crippen LogP) is 7.00. The molecule has 174 valence electrons. The number of halogens is 2. The molecule has 0 unspecified atom stereocenters. The van der Waals surface area contributed by atoms with E-state index in [1.54, 1.807) is 62.4 Å². The number of benzene rings is 3. The zero-order valence-electron chi connectivity index (χ0n) is 19.3. The summed E-state index contributed by atoms with van der Waals surface area (Å²) in [5, 5.41) is 0. The third kappa shape index (κ3) is 5.93. The summed E-state index contributed by atoms with van der Waals surface area (Å²) in [7, 11) is 0. The van der Waals surface area contributed by atoms with E-state index < -0.39 is 17.6 Å². The Morgan fingerprint density at radius 3 is 1.65 bits per heavy atom. The van der Waals surface area contributed by atoms with E-state index in [-0.39, 0.29) is 23.5 Å². The maximum absolute atomic E-state index is 14.9. The number of esters is 1. The molecule has 0 aliphatic heterocycles. The molecule has 0 N–H and O–H groups in total. The highest BCUT2D eigenvalue weighted by Crippen LogP contribution is 2.32. The van der Waals surface area contributed by atoms with E-state index in [1.807, 2.05) is 12.1 Å². The number of hydrogen-bond acceptors (Lipinski definition) is 3. The van der Waals surface area contributed by atoms with Crippen molar-refractivity contribution in [2.24, 2.45) is 0 Å². The summed E-state index contributed by atoms with van der Waals surface area (Å²) in [5.74, 6) is -2.34. The van der Waals surface area contributed by atoms with Crippen molar-refractivity contribution in [3.63, 3.8) is 0 Å². The molecule has 0 saturated carbocycles. The van der Waals surface area contributed by atoms with Crippen LogP contribution in [0.5, 0.6) is 0 Å². The van der Waals surface area contributed by atoms with Gasteiger partial charge in [-0.05, 0) is 48.1 Å². The quantitative estimate of drug-likeness (QED) is 0.255. The van der Waals surface area contributed by atoms with Gasteiger partial charge >= 0.3 is 5.97 Å². The summed E-state index contributed by atoms with van der Waals surface area (Å²) in [5.41, 5.74) is 3.85. The van der Waals surface area contributed by atoms with Crippen molar-refractivity contribution in [3.05, 3.63) is 108 Å². The number of Topliss-reactive ketones (excluding diaryl/α,β-unsaturated/α-hetero) is 1. The van der Waals surface area contributed by atoms with Crippen LogP contribution in [0.2, 0.25) is 0 Å². The van der Waals surface area contributed by atoms with Crippen molar-refractivity contribution in [2.45, 2.75) is 33.3 Å². The van der Waals surface area contributed by atoms with Gasteiger partial charge < -0.3 is 4.74 Å². The molecule has 0 saturated heterocycles. The standard InChI is InChI=1S/C29H26F2O3/c1-18(2)26(32)16-9-20-5-10-22(11-6-20)24-14-15-25(28(31)27(24)30)23-12-7-21(8-13-23)17-34-29(33)19(3)4/h5-8,10-15H,1,3,9,16-17H2,2,4H3. The van der Waals surface area contributed by atoms with Crippen molar-refractivity contribution in [2.75, 3.05) is 0 Å². The van der Waals surface area contributed by atoms with Crippen molar-refractivity contribution in [1.82, 2.24) is 0 Å². The van der Waals surface area contributed by atoms with E-state index in [4.69, 9.17) is 4.74 Å². The van der Waals surface area contributed by atoms with E-state index in [2.05, 4.69) is 13.2 Å². The minimum absolute atomic E-state index is 0.00805. The molecule has 0 amide bonds. The van der Waals surface area contributed by atoms with Crippen LogP contribution in [0, 0.1) is 11.6 Å². The molecular weight excluding hydrogens is 434 g/mol. The van der Waals surface area contributed by atoms with Gasteiger partial charge in [0.15, 0.2) is 17.4 Å². The summed E-state index contributed by atoms with van der Waals surface area (Å²) in [6, 6.07) is 16.9. The molecule has 0 bridgehead atoms. The van der Waals surface area contributed by atoms with Crippen molar-refractivity contribution >= 4 is 11.8 Å². The van der Waals surface area contributed by atoms with Crippen molar-refractivity contribution in [3.8, 4) is 22.3 Å². The number of allylic oxidation sites excluding steroid dienone is 1. The van der Waals surface area contributed by atoms with Crippen LogP contribution in [-0.4, -0.2) is 11.8 Å². The van der Waals surface area contributed by atoms with Gasteiger partial charge in [0, 0.05) is 23.1 Å². The summed E-state index contributed by atoms with van der Waals surface area (Å²) < 4.78 is 35.0. The highest BCUT2D eigenvalue weighted by atomic mass is 19.2. The van der Waals surface area contributed by atoms with Crippen LogP contribution in [0.4, 0.5) is 8.78 Å². The summed E-state index contributed by atoms with van der Waals surface area (Å²) in [6.07, 6.45) is 0.922. The van der Waals surface area contributed by atoms with Gasteiger partial charge in [-0.25, -0.2) is 13.6 Å². The first-order chi connectivity index (χ1) is 16.2. The Kier molecular flexibility index (Phi) is 7.90. The Hall–Kier alpha value is -3.86. The first-order valence-electron chi connectivity index (χ1n) is 10.9. The van der Waals surface area contributed by atoms with E-state index >= 15 is 0 Å². The van der Waals surface area contributed by atoms with Gasteiger partial charge in [-0.3, -0.25) is 4.79 Å². The van der Waals surface area contributed by atoms with Gasteiger partial charge in [0.05, 0.1) is 0 Å². The van der Waals surface area contributed by atoms with Crippen LogP contribution in [-0.2, 0) is 27.4 Å². The second-order valence-corrected chi connectivity index (χ2v) is 8.24. The van der Waals surface area contributed by atoms with Crippen LogP contribution in [0.15, 0.2) is 85.0 Å². The van der Waals surface area contributed by atoms with Crippen molar-refractivity contribution in [1.29, 1.82) is 0 Å². The normalized spacial score (nSPS) is 10.6. The average Bonchev–Trinajstić information content (AvgIpc) is 2.83. The monoisotopic (exact) mass is 460 g/mol. The Balaban J connectivity index is 1.75. The zero-order valence-corrected chi connectivity index (χ0v) is 19.3.